The molecule has 5 heteroatoms. The molecule has 0 amide bonds. The van der Waals surface area contributed by atoms with Crippen molar-refractivity contribution in [1.29, 1.82) is 0 Å². The quantitative estimate of drug-likeness (QED) is 0.765. The summed E-state index contributed by atoms with van der Waals surface area (Å²) in [5, 5.41) is 17.3. The van der Waals surface area contributed by atoms with Gasteiger partial charge in [-0.1, -0.05) is 30.3 Å². The molecule has 0 fully saturated rings. The van der Waals surface area contributed by atoms with Gasteiger partial charge in [0.1, 0.15) is 6.61 Å². The van der Waals surface area contributed by atoms with Gasteiger partial charge in [0.25, 0.3) is 5.92 Å². The lowest BCUT2D eigenvalue weighted by molar-refractivity contribution is -0.133. The highest BCUT2D eigenvalue weighted by Gasteiger charge is 2.38. The average molecular weight is 246 g/mol. The van der Waals surface area contributed by atoms with E-state index in [0.717, 1.165) is 5.56 Å². The number of halogens is 2. The molecular formula is C12H16F2O3. The van der Waals surface area contributed by atoms with Gasteiger partial charge in [-0.25, -0.2) is 8.78 Å². The Morgan fingerprint density at radius 3 is 2.35 bits per heavy atom. The lowest BCUT2D eigenvalue weighted by atomic mass is 10.0. The first-order valence-electron chi connectivity index (χ1n) is 5.31. The number of alkyl halides is 2. The summed E-state index contributed by atoms with van der Waals surface area (Å²) in [6.07, 6.45) is 0. The molecule has 0 aliphatic heterocycles. The Balaban J connectivity index is 2.39. The normalized spacial score (nSPS) is 13.6. The van der Waals surface area contributed by atoms with Crippen LogP contribution in [0.15, 0.2) is 30.3 Å². The second-order valence-corrected chi connectivity index (χ2v) is 3.80. The average Bonchev–Trinajstić information content (AvgIpc) is 2.35. The Kier molecular flexibility index (Phi) is 5.47. The topological polar surface area (TPSA) is 49.7 Å². The first kappa shape index (κ1) is 14.0. The zero-order valence-electron chi connectivity index (χ0n) is 9.35. The van der Waals surface area contributed by atoms with Crippen LogP contribution in [0.2, 0.25) is 0 Å². The first-order valence-corrected chi connectivity index (χ1v) is 5.31. The Morgan fingerprint density at radius 2 is 1.82 bits per heavy atom. The molecule has 0 saturated carbocycles. The fourth-order valence-electron chi connectivity index (χ4n) is 1.33. The van der Waals surface area contributed by atoms with E-state index in [-0.39, 0.29) is 13.2 Å². The van der Waals surface area contributed by atoms with E-state index in [1.165, 1.54) is 0 Å². The number of ether oxygens (including phenoxy) is 1. The Hall–Kier alpha value is -1.04. The number of aliphatic hydroxyl groups excluding tert-OH is 2. The van der Waals surface area contributed by atoms with Crippen LogP contribution in [0.1, 0.15) is 5.56 Å². The van der Waals surface area contributed by atoms with E-state index in [0.29, 0.717) is 0 Å². The van der Waals surface area contributed by atoms with Crippen LogP contribution in [0.25, 0.3) is 0 Å². The number of aliphatic hydroxyl groups is 2. The Morgan fingerprint density at radius 1 is 1.18 bits per heavy atom. The molecule has 3 nitrogen and oxygen atoms in total. The van der Waals surface area contributed by atoms with Gasteiger partial charge in [0.2, 0.25) is 0 Å². The fourth-order valence-corrected chi connectivity index (χ4v) is 1.33. The monoisotopic (exact) mass is 246 g/mol. The number of rotatable bonds is 7. The smallest absolute Gasteiger partial charge is 0.277 e. The molecule has 17 heavy (non-hydrogen) atoms. The summed E-state index contributed by atoms with van der Waals surface area (Å²) in [4.78, 5) is 0. The van der Waals surface area contributed by atoms with Crippen molar-refractivity contribution in [2.75, 3.05) is 19.8 Å². The third-order valence-corrected chi connectivity index (χ3v) is 2.46. The van der Waals surface area contributed by atoms with Crippen LogP contribution in [0.5, 0.6) is 0 Å². The van der Waals surface area contributed by atoms with Gasteiger partial charge in [0.15, 0.2) is 0 Å². The molecular weight excluding hydrogens is 230 g/mol. The van der Waals surface area contributed by atoms with Gasteiger partial charge in [-0.2, -0.15) is 0 Å². The lowest BCUT2D eigenvalue weighted by Crippen LogP contribution is -2.37. The van der Waals surface area contributed by atoms with Crippen molar-refractivity contribution in [1.82, 2.24) is 0 Å². The maximum Gasteiger partial charge on any atom is 0.277 e. The summed E-state index contributed by atoms with van der Waals surface area (Å²) in [5.41, 5.74) is 0.872. The van der Waals surface area contributed by atoms with Crippen LogP contribution in [0, 0.1) is 5.92 Å². The minimum atomic E-state index is -3.31. The molecule has 96 valence electrons. The zero-order valence-corrected chi connectivity index (χ0v) is 9.35. The van der Waals surface area contributed by atoms with E-state index in [9.17, 15) is 8.78 Å². The number of hydrogen-bond acceptors (Lipinski definition) is 3. The molecule has 1 aromatic rings. The molecule has 0 aromatic heterocycles. The Bertz CT molecular complexity index is 317. The van der Waals surface area contributed by atoms with Crippen LogP contribution in [-0.4, -0.2) is 36.0 Å². The molecule has 0 aliphatic carbocycles. The molecule has 2 N–H and O–H groups in total. The highest BCUT2D eigenvalue weighted by Crippen LogP contribution is 2.24. The largest absolute Gasteiger partial charge is 0.396 e. The van der Waals surface area contributed by atoms with Gasteiger partial charge >= 0.3 is 0 Å². The van der Waals surface area contributed by atoms with Gasteiger partial charge in [-0.15, -0.1) is 0 Å². The summed E-state index contributed by atoms with van der Waals surface area (Å²) in [6.45, 7) is -2.09. The van der Waals surface area contributed by atoms with E-state index in [2.05, 4.69) is 0 Å². The van der Waals surface area contributed by atoms with Gasteiger partial charge in [0, 0.05) is 0 Å². The lowest BCUT2D eigenvalue weighted by Gasteiger charge is -2.23. The standard InChI is InChI=1S/C12H16F2O3/c13-12(14,9-16)11(6-15)8-17-7-10-4-2-1-3-5-10/h1-5,11,15-16H,6-9H2/t11-/m1/s1. The van der Waals surface area contributed by atoms with Crippen molar-refractivity contribution in [2.24, 2.45) is 5.92 Å². The molecule has 0 bridgehead atoms. The molecule has 0 heterocycles. The van der Waals surface area contributed by atoms with E-state index in [1.807, 2.05) is 30.3 Å². The van der Waals surface area contributed by atoms with Gasteiger partial charge in [-0.3, -0.25) is 0 Å². The number of hydrogen-bond donors (Lipinski definition) is 2. The molecule has 0 saturated heterocycles. The van der Waals surface area contributed by atoms with Crippen molar-refractivity contribution in [3.05, 3.63) is 35.9 Å². The van der Waals surface area contributed by atoms with Crippen LogP contribution >= 0.6 is 0 Å². The van der Waals surface area contributed by atoms with Crippen molar-refractivity contribution in [3.63, 3.8) is 0 Å². The predicted molar refractivity (Wildman–Crippen MR) is 58.7 cm³/mol. The molecule has 0 spiro atoms. The highest BCUT2D eigenvalue weighted by molar-refractivity contribution is 5.13. The predicted octanol–water partition coefficient (Wildman–Crippen LogP) is 1.44. The van der Waals surface area contributed by atoms with Gasteiger partial charge < -0.3 is 14.9 Å². The van der Waals surface area contributed by atoms with E-state index >= 15 is 0 Å². The van der Waals surface area contributed by atoms with Crippen molar-refractivity contribution < 1.29 is 23.7 Å². The minimum absolute atomic E-state index is 0.207. The molecule has 1 atom stereocenters. The van der Waals surface area contributed by atoms with Crippen molar-refractivity contribution in [2.45, 2.75) is 12.5 Å². The molecule has 0 aliphatic rings. The van der Waals surface area contributed by atoms with Crippen LogP contribution in [0.4, 0.5) is 8.78 Å². The summed E-state index contributed by atoms with van der Waals surface area (Å²) in [7, 11) is 0. The third-order valence-electron chi connectivity index (χ3n) is 2.46. The van der Waals surface area contributed by atoms with Gasteiger partial charge in [-0.05, 0) is 5.56 Å². The van der Waals surface area contributed by atoms with Crippen LogP contribution in [0.3, 0.4) is 0 Å². The summed E-state index contributed by atoms with van der Waals surface area (Å²) in [6, 6.07) is 9.13. The molecule has 1 aromatic carbocycles. The zero-order chi connectivity index (χ0) is 12.7. The van der Waals surface area contributed by atoms with Crippen molar-refractivity contribution >= 4 is 0 Å². The Labute approximate surface area is 98.7 Å². The van der Waals surface area contributed by atoms with Gasteiger partial charge in [0.05, 0.1) is 25.7 Å². The summed E-state index contributed by atoms with van der Waals surface area (Å²) < 4.78 is 31.2. The van der Waals surface area contributed by atoms with E-state index < -0.39 is 25.1 Å². The minimum Gasteiger partial charge on any atom is -0.396 e. The second-order valence-electron chi connectivity index (χ2n) is 3.80. The first-order chi connectivity index (χ1) is 8.10. The summed E-state index contributed by atoms with van der Waals surface area (Å²) >= 11 is 0. The van der Waals surface area contributed by atoms with Crippen LogP contribution < -0.4 is 0 Å². The number of benzene rings is 1. The fraction of sp³-hybridized carbons (Fsp3) is 0.500. The van der Waals surface area contributed by atoms with E-state index in [4.69, 9.17) is 14.9 Å². The molecule has 0 unspecified atom stereocenters. The summed E-state index contributed by atoms with van der Waals surface area (Å²) in [5.74, 6) is -4.69. The maximum absolute atomic E-state index is 13.1. The highest BCUT2D eigenvalue weighted by atomic mass is 19.3. The SMILES string of the molecule is OC[C@H](COCc1ccccc1)C(F)(F)CO. The van der Waals surface area contributed by atoms with Crippen LogP contribution in [-0.2, 0) is 11.3 Å². The second kappa shape index (κ2) is 6.64. The third kappa shape index (κ3) is 4.38. The molecule has 1 rings (SSSR count). The maximum atomic E-state index is 13.1. The van der Waals surface area contributed by atoms with Crippen molar-refractivity contribution in [3.8, 4) is 0 Å². The molecule has 0 radical (unpaired) electrons. The van der Waals surface area contributed by atoms with E-state index in [1.54, 1.807) is 0 Å².